The van der Waals surface area contributed by atoms with Gasteiger partial charge in [0.2, 0.25) is 0 Å². The molecule has 0 fully saturated rings. The van der Waals surface area contributed by atoms with E-state index < -0.39 is 17.5 Å². The second kappa shape index (κ2) is 4.61. The molecule has 0 atom stereocenters. The normalized spacial score (nSPS) is 10.3. The first-order valence-electron chi connectivity index (χ1n) is 4.89. The topological polar surface area (TPSA) is 74.1 Å². The van der Waals surface area contributed by atoms with Gasteiger partial charge in [-0.3, -0.25) is 9.20 Å². The van der Waals surface area contributed by atoms with Crippen LogP contribution in [0.5, 0.6) is 0 Å². The molecule has 0 bridgehead atoms. The maximum atomic E-state index is 11.8. The van der Waals surface area contributed by atoms with Crippen molar-refractivity contribution in [3.05, 3.63) is 39.1 Å². The summed E-state index contributed by atoms with van der Waals surface area (Å²) in [4.78, 5) is 35.4. The quantitative estimate of drug-likeness (QED) is 0.757. The number of aromatic nitrogens is 1. The summed E-state index contributed by atoms with van der Waals surface area (Å²) in [6.45, 7) is 0. The SMILES string of the molecule is COC(=O)c1cc(=O)n2ccsc2c1C(=O)OC. The Bertz CT molecular complexity index is 684. The van der Waals surface area contributed by atoms with E-state index in [9.17, 15) is 14.4 Å². The van der Waals surface area contributed by atoms with Crippen molar-refractivity contribution in [2.45, 2.75) is 0 Å². The third-order valence-corrected chi connectivity index (χ3v) is 3.27. The summed E-state index contributed by atoms with van der Waals surface area (Å²) in [6.07, 6.45) is 1.52. The van der Waals surface area contributed by atoms with Gasteiger partial charge in [-0.25, -0.2) is 9.59 Å². The summed E-state index contributed by atoms with van der Waals surface area (Å²) in [6, 6.07) is 1.07. The number of fused-ring (bicyclic) bond motifs is 1. The third kappa shape index (κ3) is 1.78. The number of nitrogens with zero attached hydrogens (tertiary/aromatic N) is 1. The van der Waals surface area contributed by atoms with Crippen molar-refractivity contribution < 1.29 is 19.1 Å². The molecule has 0 aliphatic rings. The molecule has 0 saturated heterocycles. The Hall–Kier alpha value is -2.15. The van der Waals surface area contributed by atoms with Crippen LogP contribution < -0.4 is 5.56 Å². The van der Waals surface area contributed by atoms with Crippen molar-refractivity contribution >= 4 is 28.1 Å². The molecule has 0 N–H and O–H groups in total. The first-order chi connectivity index (χ1) is 8.60. The number of esters is 2. The minimum atomic E-state index is -0.747. The summed E-state index contributed by atoms with van der Waals surface area (Å²) >= 11 is 1.17. The molecule has 7 heteroatoms. The Kier molecular flexibility index (Phi) is 3.15. The number of pyridine rings is 1. The van der Waals surface area contributed by atoms with Crippen molar-refractivity contribution in [2.75, 3.05) is 14.2 Å². The lowest BCUT2D eigenvalue weighted by atomic mass is 10.1. The van der Waals surface area contributed by atoms with E-state index in [1.165, 1.54) is 36.2 Å². The van der Waals surface area contributed by atoms with Gasteiger partial charge in [0.15, 0.2) is 0 Å². The van der Waals surface area contributed by atoms with Gasteiger partial charge in [-0.05, 0) is 0 Å². The van der Waals surface area contributed by atoms with Crippen LogP contribution in [0.4, 0.5) is 0 Å². The highest BCUT2D eigenvalue weighted by Crippen LogP contribution is 2.20. The molecule has 0 aromatic carbocycles. The lowest BCUT2D eigenvalue weighted by molar-refractivity contribution is 0.0556. The minimum absolute atomic E-state index is 0.0407. The molecule has 0 unspecified atom stereocenters. The Balaban J connectivity index is 2.87. The Morgan fingerprint density at radius 3 is 2.50 bits per heavy atom. The molecule has 2 heterocycles. The first kappa shape index (κ1) is 12.3. The Labute approximate surface area is 105 Å². The smallest absolute Gasteiger partial charge is 0.341 e. The minimum Gasteiger partial charge on any atom is -0.465 e. The van der Waals surface area contributed by atoms with Gasteiger partial charge >= 0.3 is 11.9 Å². The molecule has 18 heavy (non-hydrogen) atoms. The predicted molar refractivity (Wildman–Crippen MR) is 64.2 cm³/mol. The molecule has 6 nitrogen and oxygen atoms in total. The van der Waals surface area contributed by atoms with Crippen molar-refractivity contribution in [3.63, 3.8) is 0 Å². The third-order valence-electron chi connectivity index (χ3n) is 2.39. The molecule has 0 aliphatic carbocycles. The molecular formula is C11H9NO5S. The fraction of sp³-hybridized carbons (Fsp3) is 0.182. The van der Waals surface area contributed by atoms with Gasteiger partial charge in [0.05, 0.1) is 19.8 Å². The fourth-order valence-corrected chi connectivity index (χ4v) is 2.47. The standard InChI is InChI=1S/C11H9NO5S/c1-16-10(14)6-5-7(13)12-3-4-18-9(12)8(6)11(15)17-2/h3-5H,1-2H3. The van der Waals surface area contributed by atoms with Gasteiger partial charge in [0, 0.05) is 17.6 Å². The van der Waals surface area contributed by atoms with Crippen LogP contribution in [0.2, 0.25) is 0 Å². The lowest BCUT2D eigenvalue weighted by Gasteiger charge is -2.07. The molecular weight excluding hydrogens is 258 g/mol. The van der Waals surface area contributed by atoms with Gasteiger partial charge in [-0.2, -0.15) is 0 Å². The van der Waals surface area contributed by atoms with Crippen LogP contribution in [-0.4, -0.2) is 30.6 Å². The zero-order chi connectivity index (χ0) is 13.3. The number of methoxy groups -OCH3 is 2. The lowest BCUT2D eigenvalue weighted by Crippen LogP contribution is -2.20. The van der Waals surface area contributed by atoms with Gasteiger partial charge < -0.3 is 9.47 Å². The number of rotatable bonds is 2. The summed E-state index contributed by atoms with van der Waals surface area (Å²) in [7, 11) is 2.39. The molecule has 94 valence electrons. The van der Waals surface area contributed by atoms with Crippen LogP contribution in [0.1, 0.15) is 20.7 Å². The number of thiazole rings is 1. The maximum Gasteiger partial charge on any atom is 0.341 e. The molecule has 2 aromatic heterocycles. The first-order valence-corrected chi connectivity index (χ1v) is 5.77. The number of carbonyl (C=O) groups excluding carboxylic acids is 2. The van der Waals surface area contributed by atoms with Crippen molar-refractivity contribution in [1.82, 2.24) is 4.40 Å². The molecule has 2 aromatic rings. The van der Waals surface area contributed by atoms with E-state index in [4.69, 9.17) is 0 Å². The highest BCUT2D eigenvalue weighted by atomic mass is 32.1. The predicted octanol–water partition coefficient (Wildman–Crippen LogP) is 0.934. The van der Waals surface area contributed by atoms with Crippen LogP contribution in [0, 0.1) is 0 Å². The van der Waals surface area contributed by atoms with Crippen LogP contribution >= 0.6 is 11.3 Å². The molecule has 0 amide bonds. The molecule has 0 aliphatic heterocycles. The van der Waals surface area contributed by atoms with Crippen molar-refractivity contribution in [3.8, 4) is 0 Å². The van der Waals surface area contributed by atoms with E-state index in [0.29, 0.717) is 4.83 Å². The molecule has 0 spiro atoms. The van der Waals surface area contributed by atoms with Gasteiger partial charge in [0.1, 0.15) is 10.4 Å². The van der Waals surface area contributed by atoms with Crippen molar-refractivity contribution in [1.29, 1.82) is 0 Å². The highest BCUT2D eigenvalue weighted by Gasteiger charge is 2.23. The second-order valence-electron chi connectivity index (χ2n) is 3.33. The Morgan fingerprint density at radius 2 is 1.89 bits per heavy atom. The number of carbonyl (C=O) groups is 2. The summed E-state index contributed by atoms with van der Waals surface area (Å²) in [5, 5.41) is 1.64. The van der Waals surface area contributed by atoms with Crippen molar-refractivity contribution in [2.24, 2.45) is 0 Å². The largest absolute Gasteiger partial charge is 0.465 e. The molecule has 0 radical (unpaired) electrons. The fourth-order valence-electron chi connectivity index (χ4n) is 1.58. The van der Waals surface area contributed by atoms with E-state index in [-0.39, 0.29) is 11.1 Å². The summed E-state index contributed by atoms with van der Waals surface area (Å²) in [5.41, 5.74) is -0.449. The molecule has 0 saturated carbocycles. The van der Waals surface area contributed by atoms with Crippen LogP contribution in [-0.2, 0) is 9.47 Å². The number of hydrogen-bond donors (Lipinski definition) is 0. The maximum absolute atomic E-state index is 11.8. The van der Waals surface area contributed by atoms with Gasteiger partial charge in [-0.1, -0.05) is 0 Å². The zero-order valence-corrected chi connectivity index (χ0v) is 10.4. The van der Waals surface area contributed by atoms with Gasteiger partial charge in [-0.15, -0.1) is 11.3 Å². The van der Waals surface area contributed by atoms with E-state index in [1.54, 1.807) is 5.38 Å². The van der Waals surface area contributed by atoms with Gasteiger partial charge in [0.25, 0.3) is 5.56 Å². The van der Waals surface area contributed by atoms with E-state index in [1.807, 2.05) is 0 Å². The van der Waals surface area contributed by atoms with Crippen LogP contribution in [0.3, 0.4) is 0 Å². The van der Waals surface area contributed by atoms with Crippen LogP contribution in [0.15, 0.2) is 22.4 Å². The summed E-state index contributed by atoms with van der Waals surface area (Å²) in [5.74, 6) is -1.43. The monoisotopic (exact) mass is 267 g/mol. The van der Waals surface area contributed by atoms with E-state index in [2.05, 4.69) is 9.47 Å². The Morgan fingerprint density at radius 1 is 1.22 bits per heavy atom. The van der Waals surface area contributed by atoms with E-state index in [0.717, 1.165) is 6.07 Å². The highest BCUT2D eigenvalue weighted by molar-refractivity contribution is 7.16. The average molecular weight is 267 g/mol. The summed E-state index contributed by atoms with van der Waals surface area (Å²) < 4.78 is 10.5. The molecule has 2 rings (SSSR count). The number of hydrogen-bond acceptors (Lipinski definition) is 6. The zero-order valence-electron chi connectivity index (χ0n) is 9.63. The van der Waals surface area contributed by atoms with Crippen LogP contribution in [0.25, 0.3) is 4.83 Å². The second-order valence-corrected chi connectivity index (χ2v) is 4.23. The van der Waals surface area contributed by atoms with E-state index >= 15 is 0 Å². The number of ether oxygens (including phenoxy) is 2. The average Bonchev–Trinajstić information content (AvgIpc) is 2.86.